The normalized spacial score (nSPS) is 27.8. The molecule has 25 heavy (non-hydrogen) atoms. The van der Waals surface area contributed by atoms with Crippen LogP contribution in [0.15, 0.2) is 42.5 Å². The number of morpholine rings is 1. The van der Waals surface area contributed by atoms with Gasteiger partial charge in [0.15, 0.2) is 0 Å². The first kappa shape index (κ1) is 15.6. The molecule has 1 saturated heterocycles. The minimum absolute atomic E-state index is 0.293. The Kier molecular flexibility index (Phi) is 3.89. The molecule has 3 nitrogen and oxygen atoms in total. The summed E-state index contributed by atoms with van der Waals surface area (Å²) in [5.41, 5.74) is 7.11. The summed E-state index contributed by atoms with van der Waals surface area (Å²) in [6, 6.07) is 16.2. The lowest BCUT2D eigenvalue weighted by atomic mass is 10.0. The molecular weight excluding hydrogens is 310 g/mol. The molecule has 2 fully saturated rings. The summed E-state index contributed by atoms with van der Waals surface area (Å²) >= 11 is 0. The fourth-order valence-corrected chi connectivity index (χ4v) is 5.00. The Morgan fingerprint density at radius 3 is 2.84 bits per heavy atom. The Morgan fingerprint density at radius 2 is 1.92 bits per heavy atom. The average Bonchev–Trinajstić information content (AvgIpc) is 3.22. The molecule has 1 heterocycles. The van der Waals surface area contributed by atoms with Gasteiger partial charge in [-0.25, -0.2) is 0 Å². The summed E-state index contributed by atoms with van der Waals surface area (Å²) in [7, 11) is 0. The SMILES string of the molecule is OC[C@H]1C[C@@H]2OCCN(Cc3ccc4c(c3)Cc3ccccc3-4)[C@H]2C1. The van der Waals surface area contributed by atoms with Gasteiger partial charge < -0.3 is 9.84 Å². The van der Waals surface area contributed by atoms with Crippen molar-refractivity contribution in [3.8, 4) is 11.1 Å². The highest BCUT2D eigenvalue weighted by molar-refractivity contribution is 5.76. The molecule has 2 aromatic rings. The van der Waals surface area contributed by atoms with Crippen LogP contribution in [0.3, 0.4) is 0 Å². The topological polar surface area (TPSA) is 32.7 Å². The van der Waals surface area contributed by atoms with E-state index in [2.05, 4.69) is 47.4 Å². The number of nitrogens with zero attached hydrogens (tertiary/aromatic N) is 1. The number of aliphatic hydroxyl groups is 1. The zero-order valence-corrected chi connectivity index (χ0v) is 14.5. The fourth-order valence-electron chi connectivity index (χ4n) is 5.00. The van der Waals surface area contributed by atoms with Crippen LogP contribution in [-0.4, -0.2) is 41.9 Å². The van der Waals surface area contributed by atoms with E-state index in [1.807, 2.05) is 0 Å². The van der Waals surface area contributed by atoms with Crippen LogP contribution in [0.1, 0.15) is 29.5 Å². The molecule has 3 heteroatoms. The van der Waals surface area contributed by atoms with E-state index in [-0.39, 0.29) is 0 Å². The minimum Gasteiger partial charge on any atom is -0.396 e. The average molecular weight is 335 g/mol. The number of hydrogen-bond donors (Lipinski definition) is 1. The standard InChI is InChI=1S/C22H25NO2/c24-14-16-10-21-22(11-16)25-8-7-23(21)13-15-5-6-20-18(9-15)12-17-3-1-2-4-19(17)20/h1-6,9,16,21-22,24H,7-8,10-14H2/t16-,21+,22+/m1/s1. The van der Waals surface area contributed by atoms with E-state index in [1.165, 1.54) is 27.8 Å². The van der Waals surface area contributed by atoms with E-state index in [1.54, 1.807) is 0 Å². The van der Waals surface area contributed by atoms with Gasteiger partial charge >= 0.3 is 0 Å². The van der Waals surface area contributed by atoms with Gasteiger partial charge in [-0.1, -0.05) is 42.5 Å². The third-order valence-corrected chi connectivity index (χ3v) is 6.25. The lowest BCUT2D eigenvalue weighted by molar-refractivity contribution is -0.0590. The van der Waals surface area contributed by atoms with Gasteiger partial charge in [-0.05, 0) is 53.0 Å². The van der Waals surface area contributed by atoms with Crippen LogP contribution in [0.25, 0.3) is 11.1 Å². The van der Waals surface area contributed by atoms with Gasteiger partial charge in [0, 0.05) is 25.7 Å². The zero-order valence-electron chi connectivity index (χ0n) is 14.5. The highest BCUT2D eigenvalue weighted by atomic mass is 16.5. The summed E-state index contributed by atoms with van der Waals surface area (Å²) in [5.74, 6) is 0.408. The number of rotatable bonds is 3. The first-order valence-corrected chi connectivity index (χ1v) is 9.48. The van der Waals surface area contributed by atoms with Gasteiger partial charge in [-0.3, -0.25) is 4.90 Å². The van der Waals surface area contributed by atoms with Crippen LogP contribution in [-0.2, 0) is 17.7 Å². The smallest absolute Gasteiger partial charge is 0.0734 e. The molecule has 0 unspecified atom stereocenters. The number of aliphatic hydroxyl groups excluding tert-OH is 1. The maximum atomic E-state index is 9.51. The Hall–Kier alpha value is -1.68. The molecule has 0 aromatic heterocycles. The molecule has 130 valence electrons. The van der Waals surface area contributed by atoms with Crippen molar-refractivity contribution in [2.24, 2.45) is 5.92 Å². The largest absolute Gasteiger partial charge is 0.396 e. The van der Waals surface area contributed by atoms with Crippen molar-refractivity contribution in [3.63, 3.8) is 0 Å². The quantitative estimate of drug-likeness (QED) is 0.798. The molecule has 3 aliphatic rings. The second kappa shape index (κ2) is 6.24. The molecule has 0 radical (unpaired) electrons. The lowest BCUT2D eigenvalue weighted by Crippen LogP contribution is -2.47. The van der Waals surface area contributed by atoms with E-state index in [0.717, 1.165) is 39.0 Å². The summed E-state index contributed by atoms with van der Waals surface area (Å²) < 4.78 is 5.97. The Morgan fingerprint density at radius 1 is 1.04 bits per heavy atom. The van der Waals surface area contributed by atoms with Crippen molar-refractivity contribution in [2.75, 3.05) is 19.8 Å². The monoisotopic (exact) mass is 335 g/mol. The maximum absolute atomic E-state index is 9.51. The zero-order chi connectivity index (χ0) is 16.8. The van der Waals surface area contributed by atoms with Crippen molar-refractivity contribution in [3.05, 3.63) is 59.2 Å². The number of ether oxygens (including phenoxy) is 1. The van der Waals surface area contributed by atoms with Crippen molar-refractivity contribution in [1.29, 1.82) is 0 Å². The minimum atomic E-state index is 0.293. The number of benzene rings is 2. The lowest BCUT2D eigenvalue weighted by Gasteiger charge is -2.37. The molecule has 2 aromatic carbocycles. The highest BCUT2D eigenvalue weighted by Gasteiger charge is 2.40. The Labute approximate surface area is 149 Å². The third kappa shape index (κ3) is 2.71. The van der Waals surface area contributed by atoms with E-state index in [4.69, 9.17) is 4.74 Å². The molecule has 1 aliphatic heterocycles. The maximum Gasteiger partial charge on any atom is 0.0734 e. The molecular formula is C22H25NO2. The summed E-state index contributed by atoms with van der Waals surface area (Å²) in [6.07, 6.45) is 3.44. The van der Waals surface area contributed by atoms with E-state index >= 15 is 0 Å². The van der Waals surface area contributed by atoms with E-state index in [0.29, 0.717) is 24.7 Å². The van der Waals surface area contributed by atoms with Crippen molar-refractivity contribution >= 4 is 0 Å². The van der Waals surface area contributed by atoms with Crippen molar-refractivity contribution in [2.45, 2.75) is 38.0 Å². The van der Waals surface area contributed by atoms with Crippen LogP contribution < -0.4 is 0 Å². The highest BCUT2D eigenvalue weighted by Crippen LogP contribution is 2.38. The summed E-state index contributed by atoms with van der Waals surface area (Å²) in [4.78, 5) is 2.58. The van der Waals surface area contributed by atoms with Gasteiger partial charge in [0.1, 0.15) is 0 Å². The van der Waals surface area contributed by atoms with Crippen LogP contribution in [0.4, 0.5) is 0 Å². The third-order valence-electron chi connectivity index (χ3n) is 6.25. The van der Waals surface area contributed by atoms with E-state index in [9.17, 15) is 5.11 Å². The molecule has 3 atom stereocenters. The number of hydrogen-bond acceptors (Lipinski definition) is 3. The fraction of sp³-hybridized carbons (Fsp3) is 0.455. The Bertz CT molecular complexity index is 787. The van der Waals surface area contributed by atoms with Gasteiger partial charge in [0.05, 0.1) is 12.7 Å². The number of fused-ring (bicyclic) bond motifs is 4. The first-order valence-electron chi connectivity index (χ1n) is 9.48. The van der Waals surface area contributed by atoms with Crippen LogP contribution in [0, 0.1) is 5.92 Å². The molecule has 0 bridgehead atoms. The molecule has 2 aliphatic carbocycles. The van der Waals surface area contributed by atoms with Crippen LogP contribution in [0.5, 0.6) is 0 Å². The van der Waals surface area contributed by atoms with Gasteiger partial charge in [0.25, 0.3) is 0 Å². The van der Waals surface area contributed by atoms with Crippen molar-refractivity contribution in [1.82, 2.24) is 4.90 Å². The van der Waals surface area contributed by atoms with Crippen LogP contribution in [0.2, 0.25) is 0 Å². The summed E-state index contributed by atoms with van der Waals surface area (Å²) in [6.45, 7) is 3.10. The van der Waals surface area contributed by atoms with Crippen LogP contribution >= 0.6 is 0 Å². The summed E-state index contributed by atoms with van der Waals surface area (Å²) in [5, 5.41) is 9.51. The predicted octanol–water partition coefficient (Wildman–Crippen LogP) is 3.23. The second-order valence-electron chi connectivity index (χ2n) is 7.79. The van der Waals surface area contributed by atoms with E-state index < -0.39 is 0 Å². The molecule has 1 N–H and O–H groups in total. The molecule has 1 saturated carbocycles. The van der Waals surface area contributed by atoms with Crippen molar-refractivity contribution < 1.29 is 9.84 Å². The predicted molar refractivity (Wildman–Crippen MR) is 98.4 cm³/mol. The molecule has 5 rings (SSSR count). The first-order chi connectivity index (χ1) is 12.3. The molecule has 0 amide bonds. The van der Waals surface area contributed by atoms with Gasteiger partial charge in [-0.2, -0.15) is 0 Å². The van der Waals surface area contributed by atoms with Gasteiger partial charge in [-0.15, -0.1) is 0 Å². The Balaban J connectivity index is 1.36. The van der Waals surface area contributed by atoms with Gasteiger partial charge in [0.2, 0.25) is 0 Å². The molecule has 0 spiro atoms. The second-order valence-corrected chi connectivity index (χ2v) is 7.79.